The highest BCUT2D eigenvalue weighted by molar-refractivity contribution is 8.01. The van der Waals surface area contributed by atoms with E-state index in [1.54, 1.807) is 0 Å². The van der Waals surface area contributed by atoms with Crippen LogP contribution in [0.15, 0.2) is 0 Å². The molecule has 3 heterocycles. The van der Waals surface area contributed by atoms with E-state index in [4.69, 9.17) is 71.1 Å². The number of ether oxygens (including phenoxy) is 15. The molecule has 15 atom stereocenters. The number of thioether (sulfide) groups is 3. The molecule has 3 aliphatic rings. The van der Waals surface area contributed by atoms with Crippen molar-refractivity contribution < 1.29 is 134 Å². The molecular formula is C56H84O28S3. The minimum absolute atomic E-state index is 0.0391. The molecule has 87 heavy (non-hydrogen) atoms. The summed E-state index contributed by atoms with van der Waals surface area (Å²) in [6, 6.07) is 0. The van der Waals surface area contributed by atoms with Crippen molar-refractivity contribution in [2.24, 2.45) is 5.41 Å². The molecule has 3 fully saturated rings. The average Bonchev–Trinajstić information content (AvgIpc) is 0.985. The van der Waals surface area contributed by atoms with Gasteiger partial charge in [0, 0.05) is 119 Å². The second kappa shape index (κ2) is 38.2. The molecule has 0 radical (unpaired) electrons. The number of aliphatic hydroxyl groups excluding tert-OH is 1. The fourth-order valence-electron chi connectivity index (χ4n) is 9.94. The maximum Gasteiger partial charge on any atom is 0.303 e. The topological polar surface area (TPSA) is 364 Å². The van der Waals surface area contributed by atoms with Crippen molar-refractivity contribution in [2.75, 3.05) is 66.1 Å². The Hall–Kier alpha value is -5.47. The number of carbonyl (C=O) groups is 12. The zero-order valence-corrected chi connectivity index (χ0v) is 53.6. The Morgan fingerprint density at radius 2 is 0.494 bits per heavy atom. The van der Waals surface area contributed by atoms with Crippen molar-refractivity contribution in [2.45, 2.75) is 208 Å². The summed E-state index contributed by atoms with van der Waals surface area (Å²) in [6.45, 7) is 12.4. The monoisotopic (exact) mass is 1300 g/mol. The molecule has 0 spiro atoms. The van der Waals surface area contributed by atoms with Crippen LogP contribution in [0.3, 0.4) is 0 Å². The van der Waals surface area contributed by atoms with Crippen molar-refractivity contribution in [3.05, 3.63) is 0 Å². The fraction of sp³-hybridized carbons (Fsp3) is 0.786. The first-order valence-corrected chi connectivity index (χ1v) is 31.0. The third-order valence-electron chi connectivity index (χ3n) is 13.2. The van der Waals surface area contributed by atoms with Gasteiger partial charge in [0.2, 0.25) is 0 Å². The first-order valence-electron chi connectivity index (χ1n) is 28.2. The van der Waals surface area contributed by atoms with Crippen molar-refractivity contribution in [3.63, 3.8) is 0 Å². The molecule has 28 nitrogen and oxygen atoms in total. The van der Waals surface area contributed by atoms with E-state index in [1.165, 1.54) is 76.8 Å². The van der Waals surface area contributed by atoms with Gasteiger partial charge in [0.1, 0.15) is 19.8 Å². The highest BCUT2D eigenvalue weighted by atomic mass is 32.2. The minimum Gasteiger partial charge on any atom is -0.465 e. The Labute approximate surface area is 518 Å². The van der Waals surface area contributed by atoms with Crippen LogP contribution in [0.1, 0.15) is 122 Å². The molecule has 494 valence electrons. The molecule has 0 saturated carbocycles. The van der Waals surface area contributed by atoms with Crippen molar-refractivity contribution in [3.8, 4) is 0 Å². The molecule has 31 heteroatoms. The lowest BCUT2D eigenvalue weighted by atomic mass is 9.92. The smallest absolute Gasteiger partial charge is 0.303 e. The van der Waals surface area contributed by atoms with Crippen LogP contribution < -0.4 is 0 Å². The Morgan fingerprint density at radius 3 is 0.678 bits per heavy atom. The number of hydrogen-bond donors (Lipinski definition) is 1. The van der Waals surface area contributed by atoms with Gasteiger partial charge in [-0.1, -0.05) is 0 Å². The van der Waals surface area contributed by atoms with Gasteiger partial charge < -0.3 is 76.2 Å². The summed E-state index contributed by atoms with van der Waals surface area (Å²) in [5.74, 6) is -8.40. The van der Waals surface area contributed by atoms with Gasteiger partial charge in [-0.25, -0.2) is 0 Å². The molecule has 0 aromatic heterocycles. The third-order valence-corrected chi connectivity index (χ3v) is 18.0. The van der Waals surface area contributed by atoms with Crippen LogP contribution >= 0.6 is 35.3 Å². The molecule has 3 saturated heterocycles. The van der Waals surface area contributed by atoms with Gasteiger partial charge in [0.05, 0.1) is 47.6 Å². The van der Waals surface area contributed by atoms with Crippen molar-refractivity contribution in [1.29, 1.82) is 0 Å². The van der Waals surface area contributed by atoms with Crippen LogP contribution in [-0.4, -0.2) is 229 Å². The average molecular weight is 1300 g/mol. The fourth-order valence-corrected chi connectivity index (χ4v) is 14.8. The second-order valence-corrected chi connectivity index (χ2v) is 25.4. The van der Waals surface area contributed by atoms with E-state index >= 15 is 0 Å². The number of aliphatic hydroxyl groups is 1. The Kier molecular flexibility index (Phi) is 33.2. The summed E-state index contributed by atoms with van der Waals surface area (Å²) in [4.78, 5) is 148. The lowest BCUT2D eigenvalue weighted by Crippen LogP contribution is -2.58. The Balaban J connectivity index is 1.91. The van der Waals surface area contributed by atoms with E-state index in [0.717, 1.165) is 41.5 Å². The molecule has 0 aromatic rings. The highest BCUT2D eigenvalue weighted by Gasteiger charge is 2.54. The number of carbonyl (C=O) groups excluding carboxylic acids is 12. The summed E-state index contributed by atoms with van der Waals surface area (Å²) in [5, 5.41) is 7.09. The van der Waals surface area contributed by atoms with E-state index in [1.807, 2.05) is 0 Å². The standard InChI is InChI=1S/C56H84O28S3/c1-29(58)73-22-44-50(79-35(7)64)53(82-38(10)67)47(76-32(4)61)41(85-44)16-13-19-70-26-56(25-57,27-71-20-14-17-42-48(77-33(5)62)54(83-39(11)68)51(80-36(8)65)45(86-42)23-74-30(2)59)28-72-21-15-18-43-49(78-34(6)63)55(84-40(12)69)52(81-37(9)66)46(87-43)24-75-31(3)60/h41-55,57H,13-28H2,1-12H3/t41-,42-,43-,44+,45+,46+,47-,48-,49+,50-,51-,52-,53-,54-,55-/m1/s1. The van der Waals surface area contributed by atoms with Gasteiger partial charge in [-0.2, -0.15) is 0 Å². The van der Waals surface area contributed by atoms with Gasteiger partial charge in [-0.05, 0) is 38.5 Å². The largest absolute Gasteiger partial charge is 0.465 e. The van der Waals surface area contributed by atoms with Crippen LogP contribution in [-0.2, 0) is 129 Å². The predicted octanol–water partition coefficient (Wildman–Crippen LogP) is 2.88. The van der Waals surface area contributed by atoms with E-state index in [2.05, 4.69) is 0 Å². The summed E-state index contributed by atoms with van der Waals surface area (Å²) in [6.07, 6.45) is -9.09. The van der Waals surface area contributed by atoms with E-state index in [0.29, 0.717) is 0 Å². The van der Waals surface area contributed by atoms with E-state index in [9.17, 15) is 62.6 Å². The summed E-state index contributed by atoms with van der Waals surface area (Å²) in [5.41, 5.74) is -1.26. The number of hydrogen-bond acceptors (Lipinski definition) is 31. The van der Waals surface area contributed by atoms with Crippen LogP contribution in [0.25, 0.3) is 0 Å². The molecule has 1 N–H and O–H groups in total. The SMILES string of the molecule is CC(=O)OC[C@@H]1S[C@H](CCCOCC(CO)(COCCC[C@H]2S[C@@H](COC(C)=O)[C@@H](OC(C)=O)[C@H](OC(C)=O)[C@@H]2OC(C)=O)COCCC[C@H]2S[C@@H](COC(C)=O)[C@@H](OC(C)=O)[C@H](OC(C)=O)[C@@H]2OC(C)=O)[C@H](OC(C)=O)[C@@H](OC(C)=O)[C@@H]1OC(C)=O. The molecule has 0 amide bonds. The zero-order chi connectivity index (χ0) is 65.1. The maximum absolute atomic E-state index is 12.5. The van der Waals surface area contributed by atoms with Crippen LogP contribution in [0, 0.1) is 5.41 Å². The normalized spacial score (nSPS) is 26.9. The van der Waals surface area contributed by atoms with E-state index in [-0.39, 0.29) is 98.0 Å². The zero-order valence-electron chi connectivity index (χ0n) is 51.2. The molecule has 0 unspecified atom stereocenters. The molecule has 0 aromatic carbocycles. The predicted molar refractivity (Wildman–Crippen MR) is 305 cm³/mol. The van der Waals surface area contributed by atoms with Crippen LogP contribution in [0.2, 0.25) is 0 Å². The lowest BCUT2D eigenvalue weighted by Gasteiger charge is -2.44. The highest BCUT2D eigenvalue weighted by Crippen LogP contribution is 2.43. The second-order valence-electron chi connectivity index (χ2n) is 21.0. The van der Waals surface area contributed by atoms with Crippen LogP contribution in [0.5, 0.6) is 0 Å². The van der Waals surface area contributed by atoms with Gasteiger partial charge in [-0.3, -0.25) is 57.5 Å². The summed E-state index contributed by atoms with van der Waals surface area (Å²) in [7, 11) is 0. The molecular weight excluding hydrogens is 1220 g/mol. The number of esters is 12. The quantitative estimate of drug-likeness (QED) is 0.0550. The maximum atomic E-state index is 12.5. The number of rotatable bonds is 34. The van der Waals surface area contributed by atoms with Crippen molar-refractivity contribution >= 4 is 107 Å². The Morgan fingerprint density at radius 1 is 0.299 bits per heavy atom. The molecule has 3 rings (SSSR count). The third kappa shape index (κ3) is 27.0. The Bertz CT molecular complexity index is 2090. The summed E-state index contributed by atoms with van der Waals surface area (Å²) < 4.78 is 85.4. The van der Waals surface area contributed by atoms with Gasteiger partial charge >= 0.3 is 71.6 Å². The first kappa shape index (κ1) is 75.8. The molecule has 0 bridgehead atoms. The van der Waals surface area contributed by atoms with Gasteiger partial charge in [0.25, 0.3) is 0 Å². The summed E-state index contributed by atoms with van der Waals surface area (Å²) >= 11 is 3.64. The molecule has 0 aliphatic carbocycles. The van der Waals surface area contributed by atoms with Gasteiger partial charge in [0.15, 0.2) is 54.9 Å². The van der Waals surface area contributed by atoms with Crippen LogP contribution in [0.4, 0.5) is 0 Å². The molecule has 3 aliphatic heterocycles. The minimum atomic E-state index is -1.28. The first-order chi connectivity index (χ1) is 40.9. The van der Waals surface area contributed by atoms with Crippen molar-refractivity contribution in [1.82, 2.24) is 0 Å². The van der Waals surface area contributed by atoms with Gasteiger partial charge in [-0.15, -0.1) is 35.3 Å². The van der Waals surface area contributed by atoms with E-state index < -0.39 is 170 Å². The lowest BCUT2D eigenvalue weighted by molar-refractivity contribution is -0.186.